The SMILES string of the molecule is O=C(CCNc1ncnc(N2CCc3c([nH]c4ccccc34)C2)c1[N+](=O)[O-])OCc1ccccc1. The van der Waals surface area contributed by atoms with Crippen LogP contribution in [-0.2, 0) is 29.1 Å². The smallest absolute Gasteiger partial charge is 0.353 e. The highest BCUT2D eigenvalue weighted by Crippen LogP contribution is 2.36. The molecular formula is C25H24N6O4. The van der Waals surface area contributed by atoms with Crippen LogP contribution in [0.2, 0.25) is 0 Å². The second-order valence-electron chi connectivity index (χ2n) is 8.27. The molecule has 2 N–H and O–H groups in total. The first kappa shape index (κ1) is 22.3. The third kappa shape index (κ3) is 4.77. The number of carbonyl (C=O) groups excluding carboxylic acids is 1. The van der Waals surface area contributed by atoms with Gasteiger partial charge in [-0.05, 0) is 23.6 Å². The van der Waals surface area contributed by atoms with E-state index in [4.69, 9.17) is 4.74 Å². The summed E-state index contributed by atoms with van der Waals surface area (Å²) >= 11 is 0. The van der Waals surface area contributed by atoms with Crippen molar-refractivity contribution in [2.45, 2.75) is 26.0 Å². The van der Waals surface area contributed by atoms with Gasteiger partial charge in [-0.25, -0.2) is 9.97 Å². The van der Waals surface area contributed by atoms with Gasteiger partial charge >= 0.3 is 11.7 Å². The van der Waals surface area contributed by atoms with Crippen LogP contribution in [0.4, 0.5) is 17.3 Å². The van der Waals surface area contributed by atoms with Crippen molar-refractivity contribution in [3.05, 3.63) is 87.9 Å². The molecule has 2 aromatic carbocycles. The number of hydrogen-bond acceptors (Lipinski definition) is 8. The number of aromatic amines is 1. The highest BCUT2D eigenvalue weighted by molar-refractivity contribution is 5.85. The van der Waals surface area contributed by atoms with E-state index in [0.29, 0.717) is 13.1 Å². The van der Waals surface area contributed by atoms with Gasteiger partial charge in [0.15, 0.2) is 0 Å². The van der Waals surface area contributed by atoms with Gasteiger partial charge in [-0.3, -0.25) is 14.9 Å². The molecular weight excluding hydrogens is 448 g/mol. The van der Waals surface area contributed by atoms with Crippen LogP contribution >= 0.6 is 0 Å². The van der Waals surface area contributed by atoms with E-state index in [9.17, 15) is 14.9 Å². The Hall–Kier alpha value is -4.47. The third-order valence-corrected chi connectivity index (χ3v) is 6.03. The van der Waals surface area contributed by atoms with Crippen molar-refractivity contribution in [3.8, 4) is 0 Å². The number of nitrogens with zero attached hydrogens (tertiary/aromatic N) is 4. The molecule has 0 saturated heterocycles. The van der Waals surface area contributed by atoms with Gasteiger partial charge in [-0.2, -0.15) is 0 Å². The molecule has 0 atom stereocenters. The maximum atomic E-state index is 12.1. The van der Waals surface area contributed by atoms with E-state index < -0.39 is 10.9 Å². The van der Waals surface area contributed by atoms with E-state index in [1.54, 1.807) is 0 Å². The number of H-pyrrole nitrogens is 1. The molecule has 3 heterocycles. The van der Waals surface area contributed by atoms with Crippen LogP contribution in [0.15, 0.2) is 60.9 Å². The van der Waals surface area contributed by atoms with Crippen LogP contribution in [0.5, 0.6) is 0 Å². The van der Waals surface area contributed by atoms with Gasteiger partial charge in [0.1, 0.15) is 12.9 Å². The largest absolute Gasteiger partial charge is 0.461 e. The highest BCUT2D eigenvalue weighted by Gasteiger charge is 2.30. The van der Waals surface area contributed by atoms with Gasteiger partial charge in [0.25, 0.3) is 0 Å². The number of nitrogens with one attached hydrogen (secondary N) is 2. The fourth-order valence-electron chi connectivity index (χ4n) is 4.37. The zero-order valence-corrected chi connectivity index (χ0v) is 18.9. The molecule has 0 amide bonds. The summed E-state index contributed by atoms with van der Waals surface area (Å²) in [6, 6.07) is 17.5. The van der Waals surface area contributed by atoms with Crippen LogP contribution in [0.1, 0.15) is 23.2 Å². The van der Waals surface area contributed by atoms with Crippen LogP contribution in [0, 0.1) is 10.1 Å². The molecule has 178 valence electrons. The normalized spacial score (nSPS) is 12.9. The number of fused-ring (bicyclic) bond motifs is 3. The molecule has 0 aliphatic carbocycles. The van der Waals surface area contributed by atoms with Crippen molar-refractivity contribution >= 4 is 34.2 Å². The predicted octanol–water partition coefficient (Wildman–Crippen LogP) is 3.97. The quantitative estimate of drug-likeness (QED) is 0.224. The van der Waals surface area contributed by atoms with Crippen LogP contribution < -0.4 is 10.2 Å². The zero-order valence-electron chi connectivity index (χ0n) is 18.9. The highest BCUT2D eigenvalue weighted by atomic mass is 16.6. The van der Waals surface area contributed by atoms with Crippen LogP contribution in [0.3, 0.4) is 0 Å². The fourth-order valence-corrected chi connectivity index (χ4v) is 4.37. The lowest BCUT2D eigenvalue weighted by Gasteiger charge is -2.27. The van der Waals surface area contributed by atoms with Gasteiger partial charge in [-0.15, -0.1) is 0 Å². The Balaban J connectivity index is 1.27. The summed E-state index contributed by atoms with van der Waals surface area (Å²) in [5.74, 6) is -0.0672. The number of aromatic nitrogens is 3. The lowest BCUT2D eigenvalue weighted by Crippen LogP contribution is -2.31. The Morgan fingerprint density at radius 2 is 1.94 bits per heavy atom. The van der Waals surface area contributed by atoms with Crippen molar-refractivity contribution < 1.29 is 14.5 Å². The molecule has 0 saturated carbocycles. The number of carbonyl (C=O) groups is 1. The van der Waals surface area contributed by atoms with Crippen molar-refractivity contribution in [1.29, 1.82) is 0 Å². The van der Waals surface area contributed by atoms with Crippen LogP contribution in [0.25, 0.3) is 10.9 Å². The molecule has 1 aliphatic rings. The van der Waals surface area contributed by atoms with E-state index in [2.05, 4.69) is 26.3 Å². The number of nitro groups is 1. The zero-order chi connectivity index (χ0) is 24.2. The van der Waals surface area contributed by atoms with E-state index in [-0.39, 0.29) is 36.9 Å². The third-order valence-electron chi connectivity index (χ3n) is 6.03. The number of rotatable bonds is 8. The van der Waals surface area contributed by atoms with Gasteiger partial charge in [-0.1, -0.05) is 48.5 Å². The summed E-state index contributed by atoms with van der Waals surface area (Å²) in [6.07, 6.45) is 2.10. The molecule has 4 aromatic rings. The molecule has 0 spiro atoms. The molecule has 5 rings (SSSR count). The molecule has 0 bridgehead atoms. The Kier molecular flexibility index (Phi) is 6.25. The number of para-hydroxylation sites is 1. The van der Waals surface area contributed by atoms with Crippen molar-refractivity contribution in [3.63, 3.8) is 0 Å². The Bertz CT molecular complexity index is 1370. The first-order valence-corrected chi connectivity index (χ1v) is 11.4. The Labute approximate surface area is 201 Å². The summed E-state index contributed by atoms with van der Waals surface area (Å²) < 4.78 is 5.26. The lowest BCUT2D eigenvalue weighted by molar-refractivity contribution is -0.383. The second kappa shape index (κ2) is 9.80. The molecule has 35 heavy (non-hydrogen) atoms. The van der Waals surface area contributed by atoms with Crippen LogP contribution in [-0.4, -0.2) is 38.9 Å². The van der Waals surface area contributed by atoms with Gasteiger partial charge in [0.05, 0.1) is 17.9 Å². The fraction of sp³-hybridized carbons (Fsp3) is 0.240. The number of ether oxygens (including phenoxy) is 1. The van der Waals surface area contributed by atoms with Crippen molar-refractivity contribution in [2.75, 3.05) is 23.3 Å². The number of benzene rings is 2. The van der Waals surface area contributed by atoms with Crippen molar-refractivity contribution in [1.82, 2.24) is 15.0 Å². The van der Waals surface area contributed by atoms with Gasteiger partial charge in [0, 0.05) is 29.7 Å². The van der Waals surface area contributed by atoms with E-state index >= 15 is 0 Å². The van der Waals surface area contributed by atoms with E-state index in [1.807, 2.05) is 53.4 Å². The minimum atomic E-state index is -0.480. The minimum Gasteiger partial charge on any atom is -0.461 e. The van der Waals surface area contributed by atoms with Gasteiger partial charge < -0.3 is 19.9 Å². The lowest BCUT2D eigenvalue weighted by atomic mass is 10.0. The topological polar surface area (TPSA) is 126 Å². The summed E-state index contributed by atoms with van der Waals surface area (Å²) in [7, 11) is 0. The standard InChI is InChI=1S/C25H24N6O4/c32-22(35-15-17-6-2-1-3-7-17)10-12-26-24-23(31(33)34)25(28-16-27-24)30-13-11-19-18-8-4-5-9-20(18)29-21(19)14-30/h1-9,16,29H,10-15H2,(H,26,27,28). The second-order valence-corrected chi connectivity index (χ2v) is 8.27. The molecule has 0 fully saturated rings. The first-order valence-electron chi connectivity index (χ1n) is 11.4. The molecule has 0 radical (unpaired) electrons. The first-order chi connectivity index (χ1) is 17.1. The number of anilines is 2. The average Bonchev–Trinajstić information content (AvgIpc) is 3.25. The summed E-state index contributed by atoms with van der Waals surface area (Å²) in [4.78, 5) is 37.2. The van der Waals surface area contributed by atoms with E-state index in [0.717, 1.165) is 23.2 Å². The monoisotopic (exact) mass is 472 g/mol. The predicted molar refractivity (Wildman–Crippen MR) is 131 cm³/mol. The van der Waals surface area contributed by atoms with Crippen molar-refractivity contribution in [2.24, 2.45) is 0 Å². The minimum absolute atomic E-state index is 0.0471. The number of hydrogen-bond donors (Lipinski definition) is 2. The molecule has 2 aromatic heterocycles. The van der Waals surface area contributed by atoms with E-state index in [1.165, 1.54) is 17.3 Å². The maximum Gasteiger partial charge on any atom is 0.353 e. The molecule has 10 nitrogen and oxygen atoms in total. The number of esters is 1. The Morgan fingerprint density at radius 3 is 2.77 bits per heavy atom. The molecule has 10 heteroatoms. The summed E-state index contributed by atoms with van der Waals surface area (Å²) in [6.45, 7) is 1.41. The summed E-state index contributed by atoms with van der Waals surface area (Å²) in [5, 5.41) is 16.1. The summed E-state index contributed by atoms with van der Waals surface area (Å²) in [5.41, 5.74) is 4.01. The molecule has 0 unspecified atom stereocenters. The maximum absolute atomic E-state index is 12.1. The average molecular weight is 473 g/mol. The molecule has 1 aliphatic heterocycles. The Morgan fingerprint density at radius 1 is 1.14 bits per heavy atom. The van der Waals surface area contributed by atoms with Gasteiger partial charge in [0.2, 0.25) is 11.6 Å².